The van der Waals surface area contributed by atoms with Gasteiger partial charge in [-0.15, -0.1) is 0 Å². The van der Waals surface area contributed by atoms with Crippen molar-refractivity contribution in [3.05, 3.63) is 47.5 Å². The lowest BCUT2D eigenvalue weighted by atomic mass is 10.2. The smallest absolute Gasteiger partial charge is 0.264 e. The molecule has 132 valence electrons. The number of rotatable bonds is 5. The highest BCUT2D eigenvalue weighted by Crippen LogP contribution is 2.23. The van der Waals surface area contributed by atoms with E-state index in [1.807, 2.05) is 0 Å². The number of anilines is 3. The van der Waals surface area contributed by atoms with Gasteiger partial charge in [0.05, 0.1) is 18.0 Å². The molecule has 0 radical (unpaired) electrons. The van der Waals surface area contributed by atoms with Crippen LogP contribution in [0, 0.1) is 0 Å². The van der Waals surface area contributed by atoms with Crippen LogP contribution in [-0.4, -0.2) is 25.3 Å². The van der Waals surface area contributed by atoms with Crippen molar-refractivity contribution in [2.75, 3.05) is 29.6 Å². The molecule has 0 amide bonds. The molecule has 0 aromatic heterocycles. The van der Waals surface area contributed by atoms with E-state index in [4.69, 9.17) is 38.1 Å². The first-order valence-electron chi connectivity index (χ1n) is 6.91. The molecule has 7 nitrogen and oxygen atoms in total. The van der Waals surface area contributed by atoms with Crippen molar-refractivity contribution in [1.29, 1.82) is 0 Å². The molecule has 0 unspecified atom stereocenters. The summed E-state index contributed by atoms with van der Waals surface area (Å²) < 4.78 is 34.6. The summed E-state index contributed by atoms with van der Waals surface area (Å²) in [5.74, 6) is 0.0743. The van der Waals surface area contributed by atoms with Crippen LogP contribution in [-0.2, 0) is 10.1 Å². The summed E-state index contributed by atoms with van der Waals surface area (Å²) in [5.41, 5.74) is 18.2. The second-order valence-electron chi connectivity index (χ2n) is 4.84. The highest BCUT2D eigenvalue weighted by molar-refractivity contribution is 7.85. The van der Waals surface area contributed by atoms with Crippen molar-refractivity contribution < 1.29 is 17.7 Å². The fourth-order valence-electron chi connectivity index (χ4n) is 1.56. The van der Waals surface area contributed by atoms with Crippen molar-refractivity contribution in [2.24, 2.45) is 0 Å². The van der Waals surface area contributed by atoms with Crippen LogP contribution < -0.4 is 21.9 Å². The number of benzene rings is 2. The van der Waals surface area contributed by atoms with E-state index in [9.17, 15) is 8.42 Å². The van der Waals surface area contributed by atoms with Gasteiger partial charge in [-0.05, 0) is 42.8 Å². The van der Waals surface area contributed by atoms with Gasteiger partial charge < -0.3 is 21.9 Å². The van der Waals surface area contributed by atoms with Gasteiger partial charge in [-0.1, -0.05) is 11.6 Å². The van der Waals surface area contributed by atoms with Crippen LogP contribution in [0.3, 0.4) is 0 Å². The third-order valence-corrected chi connectivity index (χ3v) is 3.77. The van der Waals surface area contributed by atoms with Crippen LogP contribution in [0.4, 0.5) is 17.1 Å². The zero-order valence-electron chi connectivity index (χ0n) is 12.9. The Morgan fingerprint density at radius 3 is 2.12 bits per heavy atom. The Kier molecular flexibility index (Phi) is 7.63. The average molecular weight is 374 g/mol. The van der Waals surface area contributed by atoms with E-state index in [2.05, 4.69) is 0 Å². The summed E-state index contributed by atoms with van der Waals surface area (Å²) in [7, 11) is -3.93. The van der Waals surface area contributed by atoms with Crippen LogP contribution in [0.5, 0.6) is 5.75 Å². The van der Waals surface area contributed by atoms with Gasteiger partial charge in [0.25, 0.3) is 10.1 Å². The molecule has 0 bridgehead atoms. The second kappa shape index (κ2) is 9.21. The monoisotopic (exact) mass is 373 g/mol. The number of nitrogens with two attached hydrogens (primary N) is 3. The zero-order chi connectivity index (χ0) is 18.2. The third kappa shape index (κ3) is 8.47. The quantitative estimate of drug-likeness (QED) is 0.358. The summed E-state index contributed by atoms with van der Waals surface area (Å²) in [6.07, 6.45) is 0.188. The molecule has 0 spiro atoms. The fraction of sp³-hybridized carbons (Fsp3) is 0.200. The molecule has 9 heteroatoms. The lowest BCUT2D eigenvalue weighted by Gasteiger charge is -2.08. The zero-order valence-corrected chi connectivity index (χ0v) is 14.4. The lowest BCUT2D eigenvalue weighted by Crippen LogP contribution is -2.09. The SMILES string of the molecule is Nc1ccc(Cl)cc1.Nc1ccc(N)c(OCCCS(=O)(=O)O)c1. The van der Waals surface area contributed by atoms with Crippen molar-refractivity contribution in [3.63, 3.8) is 0 Å². The number of hydrogen-bond acceptors (Lipinski definition) is 6. The van der Waals surface area contributed by atoms with E-state index in [-0.39, 0.29) is 18.8 Å². The van der Waals surface area contributed by atoms with E-state index < -0.39 is 10.1 Å². The normalized spacial score (nSPS) is 10.6. The summed E-state index contributed by atoms with van der Waals surface area (Å²) >= 11 is 5.56. The molecule has 0 saturated carbocycles. The van der Waals surface area contributed by atoms with Gasteiger partial charge in [-0.25, -0.2) is 0 Å². The van der Waals surface area contributed by atoms with E-state index in [1.54, 1.807) is 42.5 Å². The first kappa shape index (κ1) is 19.9. The van der Waals surface area contributed by atoms with Crippen LogP contribution in [0.2, 0.25) is 5.02 Å². The molecule has 0 heterocycles. The number of nitrogen functional groups attached to an aromatic ring is 3. The predicted molar refractivity (Wildman–Crippen MR) is 97.7 cm³/mol. The largest absolute Gasteiger partial charge is 0.491 e. The van der Waals surface area contributed by atoms with Crippen molar-refractivity contribution in [2.45, 2.75) is 6.42 Å². The minimum absolute atomic E-state index is 0.146. The van der Waals surface area contributed by atoms with Gasteiger partial charge in [0, 0.05) is 22.5 Å². The van der Waals surface area contributed by atoms with Gasteiger partial charge >= 0.3 is 0 Å². The minimum Gasteiger partial charge on any atom is -0.491 e. The van der Waals surface area contributed by atoms with Crippen LogP contribution in [0.15, 0.2) is 42.5 Å². The molecule has 0 saturated heterocycles. The third-order valence-electron chi connectivity index (χ3n) is 2.71. The Labute approximate surface area is 146 Å². The molecular formula is C15H20ClN3O4S. The maximum absolute atomic E-state index is 10.4. The van der Waals surface area contributed by atoms with E-state index in [1.165, 1.54) is 0 Å². The molecule has 2 aromatic rings. The van der Waals surface area contributed by atoms with Crippen molar-refractivity contribution in [1.82, 2.24) is 0 Å². The fourth-order valence-corrected chi connectivity index (χ4v) is 2.17. The maximum Gasteiger partial charge on any atom is 0.264 e. The average Bonchev–Trinajstić information content (AvgIpc) is 2.50. The summed E-state index contributed by atoms with van der Waals surface area (Å²) in [5, 5.41) is 0.721. The van der Waals surface area contributed by atoms with E-state index in [0.29, 0.717) is 17.1 Å². The second-order valence-corrected chi connectivity index (χ2v) is 6.85. The van der Waals surface area contributed by atoms with E-state index >= 15 is 0 Å². The molecule has 0 atom stereocenters. The molecule has 24 heavy (non-hydrogen) atoms. The van der Waals surface area contributed by atoms with Gasteiger partial charge in [-0.3, -0.25) is 4.55 Å². The molecule has 0 aliphatic heterocycles. The van der Waals surface area contributed by atoms with Crippen LogP contribution in [0.1, 0.15) is 6.42 Å². The molecule has 0 aliphatic rings. The minimum atomic E-state index is -3.93. The molecule has 0 fully saturated rings. The summed E-state index contributed by atoms with van der Waals surface area (Å²) in [4.78, 5) is 0. The Hall–Kier alpha value is -2.16. The number of ether oxygens (including phenoxy) is 1. The molecule has 0 aliphatic carbocycles. The highest BCUT2D eigenvalue weighted by atomic mass is 35.5. The van der Waals surface area contributed by atoms with Crippen LogP contribution >= 0.6 is 11.6 Å². The standard InChI is InChI=1S/C9H14N2O4S.C6H6ClN/c10-7-2-3-8(11)9(6-7)15-4-1-5-16(12,13)14;7-5-1-3-6(8)4-2-5/h2-3,6H,1,4-5,10-11H2,(H,12,13,14);1-4H,8H2. The van der Waals surface area contributed by atoms with Crippen molar-refractivity contribution in [3.8, 4) is 5.75 Å². The highest BCUT2D eigenvalue weighted by Gasteiger charge is 2.05. The van der Waals surface area contributed by atoms with Crippen LogP contribution in [0.25, 0.3) is 0 Å². The first-order chi connectivity index (χ1) is 11.2. The van der Waals surface area contributed by atoms with Gasteiger partial charge in [0.2, 0.25) is 0 Å². The Balaban J connectivity index is 0.000000300. The van der Waals surface area contributed by atoms with Gasteiger partial charge in [0.1, 0.15) is 5.75 Å². The van der Waals surface area contributed by atoms with Gasteiger partial charge in [-0.2, -0.15) is 8.42 Å². The maximum atomic E-state index is 10.4. The first-order valence-corrected chi connectivity index (χ1v) is 8.90. The Morgan fingerprint density at radius 1 is 1.00 bits per heavy atom. The number of hydrogen-bond donors (Lipinski definition) is 4. The molecular weight excluding hydrogens is 354 g/mol. The summed E-state index contributed by atoms with van der Waals surface area (Å²) in [6, 6.07) is 11.9. The number of halogens is 1. The molecule has 2 rings (SSSR count). The van der Waals surface area contributed by atoms with Gasteiger partial charge in [0.15, 0.2) is 0 Å². The topological polar surface area (TPSA) is 142 Å². The Morgan fingerprint density at radius 2 is 1.58 bits per heavy atom. The molecule has 2 aromatic carbocycles. The lowest BCUT2D eigenvalue weighted by molar-refractivity contribution is 0.318. The Bertz CT molecular complexity index is 731. The summed E-state index contributed by atoms with van der Waals surface area (Å²) in [6.45, 7) is 0.146. The van der Waals surface area contributed by atoms with E-state index in [0.717, 1.165) is 10.7 Å². The van der Waals surface area contributed by atoms with Crippen molar-refractivity contribution >= 4 is 38.8 Å². The predicted octanol–water partition coefficient (Wildman–Crippen LogP) is 2.43. The molecule has 7 N–H and O–H groups in total.